The Hall–Kier alpha value is -1.51. The summed E-state index contributed by atoms with van der Waals surface area (Å²) >= 11 is 0. The number of rotatable bonds is 2. The van der Waals surface area contributed by atoms with Crippen LogP contribution in [-0.4, -0.2) is 4.98 Å². The maximum atomic E-state index is 10.9. The first kappa shape index (κ1) is 11.5. The van der Waals surface area contributed by atoms with Gasteiger partial charge in [-0.05, 0) is 13.0 Å². The van der Waals surface area contributed by atoms with E-state index in [9.17, 15) is 4.79 Å². The maximum absolute atomic E-state index is 10.9. The topological polar surface area (TPSA) is 42.1 Å². The number of ether oxygens (including phenoxy) is 1. The summed E-state index contributed by atoms with van der Waals surface area (Å²) in [4.78, 5) is 13.5. The Balaban J connectivity index is 0.000000671. The van der Waals surface area contributed by atoms with Gasteiger partial charge in [0, 0.05) is 6.20 Å². The molecule has 0 fully saturated rings. The van der Waals surface area contributed by atoms with Crippen LogP contribution in [0.25, 0.3) is 0 Å². The Kier molecular flexibility index (Phi) is 5.35. The number of aromatic amines is 1. The number of nitrogens with one attached hydrogen (secondary N) is 1. The summed E-state index contributed by atoms with van der Waals surface area (Å²) in [5.41, 5.74) is 0.428. The quantitative estimate of drug-likeness (QED) is 0.711. The predicted molar refractivity (Wildman–Crippen MR) is 54.0 cm³/mol. The van der Waals surface area contributed by atoms with Crippen molar-refractivity contribution < 1.29 is 4.74 Å². The summed E-state index contributed by atoms with van der Waals surface area (Å²) in [6.07, 6.45) is 2.83. The fraction of sp³-hybridized carbons (Fsp3) is 0.300. The molecule has 1 N–H and O–H groups in total. The van der Waals surface area contributed by atoms with Crippen LogP contribution in [0.15, 0.2) is 29.9 Å². The van der Waals surface area contributed by atoms with Crippen LogP contribution in [0, 0.1) is 6.92 Å². The SMILES string of the molecule is C=COc1cc[nH]c(=O)c1C.CC. The van der Waals surface area contributed by atoms with Gasteiger partial charge < -0.3 is 9.72 Å². The van der Waals surface area contributed by atoms with Crippen molar-refractivity contribution in [3.05, 3.63) is 41.0 Å². The zero-order valence-corrected chi connectivity index (χ0v) is 8.26. The largest absolute Gasteiger partial charge is 0.465 e. The minimum Gasteiger partial charge on any atom is -0.465 e. The molecule has 3 heteroatoms. The van der Waals surface area contributed by atoms with E-state index in [1.165, 1.54) is 12.5 Å². The molecule has 1 heterocycles. The van der Waals surface area contributed by atoms with E-state index < -0.39 is 0 Å². The molecule has 0 amide bonds. The van der Waals surface area contributed by atoms with Crippen LogP contribution in [0.2, 0.25) is 0 Å². The average Bonchev–Trinajstić information content (AvgIpc) is 2.17. The highest BCUT2D eigenvalue weighted by atomic mass is 16.5. The van der Waals surface area contributed by atoms with E-state index in [2.05, 4.69) is 11.6 Å². The van der Waals surface area contributed by atoms with Crippen molar-refractivity contribution in [2.75, 3.05) is 0 Å². The van der Waals surface area contributed by atoms with Gasteiger partial charge in [0.2, 0.25) is 0 Å². The first-order valence-electron chi connectivity index (χ1n) is 4.21. The Morgan fingerprint density at radius 2 is 2.15 bits per heavy atom. The molecule has 0 saturated heterocycles. The molecule has 0 spiro atoms. The maximum Gasteiger partial charge on any atom is 0.254 e. The third kappa shape index (κ3) is 3.15. The van der Waals surface area contributed by atoms with Crippen LogP contribution in [0.4, 0.5) is 0 Å². The van der Waals surface area contributed by atoms with Gasteiger partial charge in [0.15, 0.2) is 0 Å². The molecule has 0 radical (unpaired) electrons. The van der Waals surface area contributed by atoms with E-state index >= 15 is 0 Å². The lowest BCUT2D eigenvalue weighted by Crippen LogP contribution is -2.08. The second-order valence-corrected chi connectivity index (χ2v) is 2.08. The Morgan fingerprint density at radius 1 is 1.54 bits per heavy atom. The van der Waals surface area contributed by atoms with Gasteiger partial charge in [-0.1, -0.05) is 20.4 Å². The molecular formula is C10H15NO2. The van der Waals surface area contributed by atoms with E-state index in [1.807, 2.05) is 13.8 Å². The zero-order chi connectivity index (χ0) is 10.3. The summed E-state index contributed by atoms with van der Waals surface area (Å²) in [6.45, 7) is 9.08. The second-order valence-electron chi connectivity index (χ2n) is 2.08. The van der Waals surface area contributed by atoms with Gasteiger partial charge in [0.05, 0.1) is 11.8 Å². The summed E-state index contributed by atoms with van der Waals surface area (Å²) in [5, 5.41) is 0. The van der Waals surface area contributed by atoms with E-state index in [1.54, 1.807) is 13.0 Å². The Bertz CT molecular complexity index is 315. The van der Waals surface area contributed by atoms with E-state index in [0.29, 0.717) is 11.3 Å². The fourth-order valence-corrected chi connectivity index (χ4v) is 0.756. The lowest BCUT2D eigenvalue weighted by atomic mass is 10.3. The van der Waals surface area contributed by atoms with Crippen LogP contribution in [-0.2, 0) is 0 Å². The monoisotopic (exact) mass is 181 g/mol. The first-order chi connectivity index (χ1) is 6.25. The summed E-state index contributed by atoms with van der Waals surface area (Å²) in [7, 11) is 0. The van der Waals surface area contributed by atoms with Crippen molar-refractivity contribution in [2.24, 2.45) is 0 Å². The molecular weight excluding hydrogens is 166 g/mol. The third-order valence-corrected chi connectivity index (χ3v) is 1.37. The molecule has 1 rings (SSSR count). The van der Waals surface area contributed by atoms with Crippen molar-refractivity contribution in [2.45, 2.75) is 20.8 Å². The van der Waals surface area contributed by atoms with Crippen LogP contribution >= 0.6 is 0 Å². The van der Waals surface area contributed by atoms with Crippen molar-refractivity contribution in [1.29, 1.82) is 0 Å². The first-order valence-corrected chi connectivity index (χ1v) is 4.21. The highest BCUT2D eigenvalue weighted by Gasteiger charge is 1.99. The lowest BCUT2D eigenvalue weighted by molar-refractivity contribution is 0.478. The number of hydrogen-bond donors (Lipinski definition) is 1. The number of aromatic nitrogens is 1. The van der Waals surface area contributed by atoms with Crippen LogP contribution in [0.5, 0.6) is 5.75 Å². The molecule has 0 aromatic carbocycles. The van der Waals surface area contributed by atoms with Crippen LogP contribution in [0.3, 0.4) is 0 Å². The Morgan fingerprint density at radius 3 is 2.69 bits per heavy atom. The van der Waals surface area contributed by atoms with E-state index in [-0.39, 0.29) is 5.56 Å². The van der Waals surface area contributed by atoms with Gasteiger partial charge in [-0.2, -0.15) is 0 Å². The highest BCUT2D eigenvalue weighted by Crippen LogP contribution is 2.10. The zero-order valence-electron chi connectivity index (χ0n) is 8.26. The van der Waals surface area contributed by atoms with Gasteiger partial charge >= 0.3 is 0 Å². The van der Waals surface area contributed by atoms with E-state index in [4.69, 9.17) is 4.74 Å². The minimum atomic E-state index is -0.135. The molecule has 0 saturated carbocycles. The molecule has 0 atom stereocenters. The van der Waals surface area contributed by atoms with Gasteiger partial charge in [-0.3, -0.25) is 4.79 Å². The summed E-state index contributed by atoms with van der Waals surface area (Å²) < 4.78 is 4.96. The van der Waals surface area contributed by atoms with Crippen molar-refractivity contribution in [1.82, 2.24) is 4.98 Å². The minimum absolute atomic E-state index is 0.135. The van der Waals surface area contributed by atoms with Crippen molar-refractivity contribution in [3.8, 4) is 5.75 Å². The smallest absolute Gasteiger partial charge is 0.254 e. The normalized spacial score (nSPS) is 8.23. The molecule has 1 aromatic rings. The number of H-pyrrole nitrogens is 1. The third-order valence-electron chi connectivity index (χ3n) is 1.37. The molecule has 0 unspecified atom stereocenters. The standard InChI is InChI=1S/C8H9NO2.C2H6/c1-3-11-7-4-5-9-8(10)6(7)2;1-2/h3-5H,1H2,2H3,(H,9,10);1-2H3. The van der Waals surface area contributed by atoms with Crippen LogP contribution < -0.4 is 10.3 Å². The molecule has 0 aliphatic rings. The fourth-order valence-electron chi connectivity index (χ4n) is 0.756. The predicted octanol–water partition coefficient (Wildman–Crippen LogP) is 2.23. The van der Waals surface area contributed by atoms with Crippen LogP contribution in [0.1, 0.15) is 19.4 Å². The molecule has 72 valence electrons. The molecule has 0 aliphatic heterocycles. The number of pyridine rings is 1. The number of hydrogen-bond acceptors (Lipinski definition) is 2. The highest BCUT2D eigenvalue weighted by molar-refractivity contribution is 5.28. The molecule has 13 heavy (non-hydrogen) atoms. The van der Waals surface area contributed by atoms with Gasteiger partial charge in [-0.15, -0.1) is 0 Å². The van der Waals surface area contributed by atoms with Crippen molar-refractivity contribution in [3.63, 3.8) is 0 Å². The second kappa shape index (κ2) is 6.06. The van der Waals surface area contributed by atoms with Gasteiger partial charge in [0.1, 0.15) is 5.75 Å². The van der Waals surface area contributed by atoms with Gasteiger partial charge in [0.25, 0.3) is 5.56 Å². The summed E-state index contributed by atoms with van der Waals surface area (Å²) in [5.74, 6) is 0.545. The Labute approximate surface area is 78.1 Å². The lowest BCUT2D eigenvalue weighted by Gasteiger charge is -2.00. The average molecular weight is 181 g/mol. The molecule has 0 bridgehead atoms. The summed E-state index contributed by atoms with van der Waals surface area (Å²) in [6, 6.07) is 1.68. The van der Waals surface area contributed by atoms with Gasteiger partial charge in [-0.25, -0.2) is 0 Å². The molecule has 3 nitrogen and oxygen atoms in total. The molecule has 0 aliphatic carbocycles. The molecule has 1 aromatic heterocycles. The van der Waals surface area contributed by atoms with E-state index in [0.717, 1.165) is 0 Å². The van der Waals surface area contributed by atoms with Crippen molar-refractivity contribution >= 4 is 0 Å².